The zero-order chi connectivity index (χ0) is 16.2. The number of rotatable bonds is 4. The molecule has 4 nitrogen and oxygen atoms in total. The lowest BCUT2D eigenvalue weighted by Gasteiger charge is -2.10. The van der Waals surface area contributed by atoms with E-state index in [0.29, 0.717) is 12.1 Å². The Labute approximate surface area is 135 Å². The van der Waals surface area contributed by atoms with Crippen LogP contribution in [0.3, 0.4) is 0 Å². The van der Waals surface area contributed by atoms with Crippen LogP contribution in [0.1, 0.15) is 27.3 Å². The molecule has 2 heterocycles. The number of pyridine rings is 1. The quantitative estimate of drug-likeness (QED) is 0.803. The summed E-state index contributed by atoms with van der Waals surface area (Å²) in [7, 11) is 0. The minimum atomic E-state index is -0.0656. The van der Waals surface area contributed by atoms with E-state index in [2.05, 4.69) is 14.9 Å². The fourth-order valence-corrected chi connectivity index (χ4v) is 2.75. The monoisotopic (exact) mass is 305 g/mol. The topological polar surface area (TPSA) is 46.9 Å². The normalized spacial score (nSPS) is 10.5. The van der Waals surface area contributed by atoms with Gasteiger partial charge in [-0.2, -0.15) is 0 Å². The van der Waals surface area contributed by atoms with Gasteiger partial charge in [-0.25, -0.2) is 0 Å². The zero-order valence-corrected chi connectivity index (χ0v) is 13.3. The van der Waals surface area contributed by atoms with Gasteiger partial charge in [0.1, 0.15) is 0 Å². The number of hydrogen-bond acceptors (Lipinski definition) is 2. The average Bonchev–Trinajstić information content (AvgIpc) is 2.89. The summed E-state index contributed by atoms with van der Waals surface area (Å²) in [6.45, 7) is 4.46. The second kappa shape index (κ2) is 6.48. The molecule has 0 saturated carbocycles. The van der Waals surface area contributed by atoms with Crippen LogP contribution in [-0.4, -0.2) is 15.5 Å². The molecule has 0 saturated heterocycles. The Kier molecular flexibility index (Phi) is 4.24. The van der Waals surface area contributed by atoms with Crippen LogP contribution in [0.4, 0.5) is 0 Å². The molecule has 2 aromatic heterocycles. The Bertz CT molecular complexity index is 807. The van der Waals surface area contributed by atoms with Gasteiger partial charge in [-0.05, 0) is 43.7 Å². The SMILES string of the molecule is Cc1cc(C(=O)NCc2cccnc2)c(C)n1-c1ccccc1. The summed E-state index contributed by atoms with van der Waals surface area (Å²) in [5.74, 6) is -0.0656. The van der Waals surface area contributed by atoms with Crippen molar-refractivity contribution in [1.82, 2.24) is 14.9 Å². The Morgan fingerprint density at radius 1 is 1.13 bits per heavy atom. The summed E-state index contributed by atoms with van der Waals surface area (Å²) >= 11 is 0. The maximum absolute atomic E-state index is 12.5. The first-order valence-electron chi connectivity index (χ1n) is 7.58. The molecule has 0 atom stereocenters. The molecule has 3 aromatic rings. The van der Waals surface area contributed by atoms with Gasteiger partial charge < -0.3 is 9.88 Å². The number of carbonyl (C=O) groups is 1. The summed E-state index contributed by atoms with van der Waals surface area (Å²) in [4.78, 5) is 16.5. The Balaban J connectivity index is 1.82. The smallest absolute Gasteiger partial charge is 0.253 e. The lowest BCUT2D eigenvalue weighted by molar-refractivity contribution is 0.0950. The predicted molar refractivity (Wildman–Crippen MR) is 90.7 cm³/mol. The number of carbonyl (C=O) groups excluding carboxylic acids is 1. The summed E-state index contributed by atoms with van der Waals surface area (Å²) in [6, 6.07) is 15.8. The van der Waals surface area contributed by atoms with Crippen molar-refractivity contribution in [3.63, 3.8) is 0 Å². The van der Waals surface area contributed by atoms with Crippen LogP contribution in [0, 0.1) is 13.8 Å². The van der Waals surface area contributed by atoms with Crippen molar-refractivity contribution in [2.75, 3.05) is 0 Å². The molecule has 0 unspecified atom stereocenters. The van der Waals surface area contributed by atoms with Crippen LogP contribution in [0.5, 0.6) is 0 Å². The number of para-hydroxylation sites is 1. The maximum atomic E-state index is 12.5. The minimum Gasteiger partial charge on any atom is -0.348 e. The fourth-order valence-electron chi connectivity index (χ4n) is 2.75. The van der Waals surface area contributed by atoms with E-state index in [1.165, 1.54) is 0 Å². The maximum Gasteiger partial charge on any atom is 0.253 e. The summed E-state index contributed by atoms with van der Waals surface area (Å²) in [5.41, 5.74) is 4.74. The van der Waals surface area contributed by atoms with Crippen LogP contribution < -0.4 is 5.32 Å². The highest BCUT2D eigenvalue weighted by Crippen LogP contribution is 2.20. The molecular weight excluding hydrogens is 286 g/mol. The number of aromatic nitrogens is 2. The van der Waals surface area contributed by atoms with Gasteiger partial charge in [0, 0.05) is 36.0 Å². The van der Waals surface area contributed by atoms with E-state index in [1.807, 2.05) is 62.4 Å². The second-order valence-corrected chi connectivity index (χ2v) is 5.50. The third-order valence-corrected chi connectivity index (χ3v) is 3.87. The largest absolute Gasteiger partial charge is 0.348 e. The molecule has 0 aliphatic carbocycles. The van der Waals surface area contributed by atoms with Gasteiger partial charge in [-0.1, -0.05) is 24.3 Å². The number of nitrogens with one attached hydrogen (secondary N) is 1. The zero-order valence-electron chi connectivity index (χ0n) is 13.3. The molecule has 4 heteroatoms. The number of hydrogen-bond donors (Lipinski definition) is 1. The van der Waals surface area contributed by atoms with Crippen molar-refractivity contribution in [1.29, 1.82) is 0 Å². The molecule has 0 aliphatic heterocycles. The summed E-state index contributed by atoms with van der Waals surface area (Å²) in [6.07, 6.45) is 3.48. The number of aryl methyl sites for hydroxylation is 1. The van der Waals surface area contributed by atoms with Gasteiger partial charge in [0.05, 0.1) is 5.56 Å². The average molecular weight is 305 g/mol. The first-order valence-corrected chi connectivity index (χ1v) is 7.58. The van der Waals surface area contributed by atoms with E-state index in [4.69, 9.17) is 0 Å². The first-order chi connectivity index (χ1) is 11.2. The molecule has 0 aliphatic rings. The Morgan fingerprint density at radius 3 is 2.61 bits per heavy atom. The van der Waals surface area contributed by atoms with Crippen molar-refractivity contribution < 1.29 is 4.79 Å². The molecule has 1 amide bonds. The highest BCUT2D eigenvalue weighted by Gasteiger charge is 2.16. The van der Waals surface area contributed by atoms with Gasteiger partial charge >= 0.3 is 0 Å². The molecule has 0 radical (unpaired) electrons. The molecular formula is C19H19N3O. The van der Waals surface area contributed by atoms with E-state index in [-0.39, 0.29) is 5.91 Å². The molecule has 1 aromatic carbocycles. The summed E-state index contributed by atoms with van der Waals surface area (Å²) in [5, 5.41) is 2.96. The van der Waals surface area contributed by atoms with Gasteiger partial charge in [-0.15, -0.1) is 0 Å². The number of nitrogens with zero attached hydrogens (tertiary/aromatic N) is 2. The van der Waals surface area contributed by atoms with E-state index in [0.717, 1.165) is 22.6 Å². The number of benzene rings is 1. The van der Waals surface area contributed by atoms with Crippen LogP contribution >= 0.6 is 0 Å². The molecule has 23 heavy (non-hydrogen) atoms. The third kappa shape index (κ3) is 3.16. The van der Waals surface area contributed by atoms with Crippen LogP contribution in [0.15, 0.2) is 60.9 Å². The molecule has 3 rings (SSSR count). The first kappa shape index (κ1) is 15.0. The van der Waals surface area contributed by atoms with Gasteiger partial charge in [0.25, 0.3) is 5.91 Å². The van der Waals surface area contributed by atoms with Crippen molar-refractivity contribution >= 4 is 5.91 Å². The van der Waals surface area contributed by atoms with Gasteiger partial charge in [-0.3, -0.25) is 9.78 Å². The van der Waals surface area contributed by atoms with Crippen LogP contribution in [-0.2, 0) is 6.54 Å². The Morgan fingerprint density at radius 2 is 1.91 bits per heavy atom. The van der Waals surface area contributed by atoms with Crippen LogP contribution in [0.25, 0.3) is 5.69 Å². The Hall–Kier alpha value is -2.88. The van der Waals surface area contributed by atoms with Crippen LogP contribution in [0.2, 0.25) is 0 Å². The van der Waals surface area contributed by atoms with Gasteiger partial charge in [0.15, 0.2) is 0 Å². The van der Waals surface area contributed by atoms with E-state index in [1.54, 1.807) is 12.4 Å². The minimum absolute atomic E-state index is 0.0656. The highest BCUT2D eigenvalue weighted by molar-refractivity contribution is 5.95. The predicted octanol–water partition coefficient (Wildman–Crippen LogP) is 3.42. The van der Waals surface area contributed by atoms with E-state index >= 15 is 0 Å². The molecule has 0 bridgehead atoms. The lowest BCUT2D eigenvalue weighted by Crippen LogP contribution is -2.23. The molecule has 1 N–H and O–H groups in total. The van der Waals surface area contributed by atoms with Crippen molar-refractivity contribution in [3.8, 4) is 5.69 Å². The van der Waals surface area contributed by atoms with Crippen molar-refractivity contribution in [3.05, 3.63) is 83.4 Å². The number of amides is 1. The molecule has 0 spiro atoms. The van der Waals surface area contributed by atoms with E-state index in [9.17, 15) is 4.79 Å². The highest BCUT2D eigenvalue weighted by atomic mass is 16.1. The standard InChI is InChI=1S/C19H19N3O/c1-14-11-18(15(2)22(14)17-8-4-3-5-9-17)19(23)21-13-16-7-6-10-20-12-16/h3-12H,13H2,1-2H3,(H,21,23). The summed E-state index contributed by atoms with van der Waals surface area (Å²) < 4.78 is 2.10. The third-order valence-electron chi connectivity index (χ3n) is 3.87. The lowest BCUT2D eigenvalue weighted by atomic mass is 10.2. The van der Waals surface area contributed by atoms with Crippen molar-refractivity contribution in [2.24, 2.45) is 0 Å². The fraction of sp³-hybridized carbons (Fsp3) is 0.158. The molecule has 116 valence electrons. The molecule has 0 fully saturated rings. The van der Waals surface area contributed by atoms with Gasteiger partial charge in [0.2, 0.25) is 0 Å². The second-order valence-electron chi connectivity index (χ2n) is 5.50. The van der Waals surface area contributed by atoms with E-state index < -0.39 is 0 Å². The van der Waals surface area contributed by atoms with Crippen molar-refractivity contribution in [2.45, 2.75) is 20.4 Å².